The Bertz CT molecular complexity index is 740. The molecule has 2 heterocycles. The molecule has 0 atom stereocenters. The van der Waals surface area contributed by atoms with Gasteiger partial charge in [0.05, 0.1) is 5.71 Å². The summed E-state index contributed by atoms with van der Waals surface area (Å²) in [7, 11) is 0. The monoisotopic (exact) mass is 336 g/mol. The lowest BCUT2D eigenvalue weighted by Gasteiger charge is -2.15. The molecule has 21 heavy (non-hydrogen) atoms. The van der Waals surface area contributed by atoms with Crippen LogP contribution in [0.15, 0.2) is 28.5 Å². The van der Waals surface area contributed by atoms with Crippen LogP contribution in [0.2, 0.25) is 0 Å². The van der Waals surface area contributed by atoms with Gasteiger partial charge in [-0.3, -0.25) is 0 Å². The molecule has 4 nitrogen and oxygen atoms in total. The second-order valence-corrected chi connectivity index (χ2v) is 5.49. The van der Waals surface area contributed by atoms with Crippen LogP contribution < -0.4 is 0 Å². The van der Waals surface area contributed by atoms with E-state index in [1.807, 2.05) is 0 Å². The summed E-state index contributed by atoms with van der Waals surface area (Å²) in [5.74, 6) is -2.23. The van der Waals surface area contributed by atoms with Gasteiger partial charge in [-0.1, -0.05) is 11.8 Å². The van der Waals surface area contributed by atoms with Crippen LogP contribution in [-0.4, -0.2) is 26.3 Å². The number of rotatable bonds is 2. The lowest BCUT2D eigenvalue weighted by atomic mass is 10.1. The van der Waals surface area contributed by atoms with Gasteiger partial charge in [0.2, 0.25) is 11.0 Å². The summed E-state index contributed by atoms with van der Waals surface area (Å²) in [4.78, 5) is 0. The van der Waals surface area contributed by atoms with Crippen LogP contribution >= 0.6 is 23.4 Å². The Kier molecular flexibility index (Phi) is 3.40. The molecule has 10 heteroatoms. The fourth-order valence-electron chi connectivity index (χ4n) is 1.76. The maximum absolute atomic E-state index is 13.7. The third-order valence-corrected chi connectivity index (χ3v) is 3.77. The van der Waals surface area contributed by atoms with Crippen LogP contribution in [0.25, 0.3) is 0 Å². The van der Waals surface area contributed by atoms with Gasteiger partial charge < -0.3 is 0 Å². The van der Waals surface area contributed by atoms with Gasteiger partial charge in [-0.05, 0) is 23.7 Å². The van der Waals surface area contributed by atoms with Crippen LogP contribution in [0.4, 0.5) is 17.6 Å². The molecule has 0 saturated carbocycles. The van der Waals surface area contributed by atoms with Crippen molar-refractivity contribution in [3.05, 3.63) is 41.2 Å². The van der Waals surface area contributed by atoms with Crippen molar-refractivity contribution in [2.24, 2.45) is 5.10 Å². The predicted octanol–water partition coefficient (Wildman–Crippen LogP) is 3.20. The molecule has 0 fully saturated rings. The zero-order chi connectivity index (χ0) is 15.2. The Morgan fingerprint density at radius 1 is 1.24 bits per heavy atom. The molecule has 1 aromatic heterocycles. The molecule has 1 aromatic carbocycles. The molecule has 0 radical (unpaired) electrons. The van der Waals surface area contributed by atoms with E-state index in [4.69, 9.17) is 11.6 Å². The Morgan fingerprint density at radius 2 is 2.00 bits per heavy atom. The Morgan fingerprint density at radius 3 is 2.67 bits per heavy atom. The van der Waals surface area contributed by atoms with Crippen LogP contribution in [0, 0.1) is 11.6 Å². The van der Waals surface area contributed by atoms with Gasteiger partial charge >= 0.3 is 5.38 Å². The van der Waals surface area contributed by atoms with Crippen molar-refractivity contribution in [3.63, 3.8) is 0 Å². The molecule has 0 unspecified atom stereocenters. The van der Waals surface area contributed by atoms with Gasteiger partial charge in [0, 0.05) is 17.4 Å². The molecule has 0 bridgehead atoms. The Hall–Kier alpha value is -1.61. The summed E-state index contributed by atoms with van der Waals surface area (Å²) in [6.07, 6.45) is 0. The average molecular weight is 337 g/mol. The molecule has 0 amide bonds. The normalized spacial score (nSPS) is 14.8. The SMILES string of the molecule is Fc1ccc(C2=Nn3c(nnc3C(F)(F)Cl)SC2)c(F)c1. The summed E-state index contributed by atoms with van der Waals surface area (Å²) in [6.45, 7) is 0. The topological polar surface area (TPSA) is 43.1 Å². The van der Waals surface area contributed by atoms with Crippen LogP contribution in [0.5, 0.6) is 0 Å². The number of halogens is 5. The van der Waals surface area contributed by atoms with E-state index in [1.54, 1.807) is 0 Å². The van der Waals surface area contributed by atoms with E-state index in [0.717, 1.165) is 22.5 Å². The standard InChI is InChI=1S/C11H5ClF4N4S/c12-11(15,16)9-17-18-10-20(9)19-8(4-21-10)6-2-1-5(13)3-7(6)14/h1-3H,4H2. The largest absolute Gasteiger partial charge is 0.383 e. The van der Waals surface area contributed by atoms with Crippen LogP contribution in [0.3, 0.4) is 0 Å². The van der Waals surface area contributed by atoms with E-state index in [2.05, 4.69) is 15.3 Å². The molecular formula is C11H5ClF4N4S. The number of fused-ring (bicyclic) bond motifs is 1. The van der Waals surface area contributed by atoms with E-state index in [1.165, 1.54) is 6.07 Å². The fraction of sp³-hybridized carbons (Fsp3) is 0.182. The van der Waals surface area contributed by atoms with Crippen molar-refractivity contribution in [2.45, 2.75) is 10.5 Å². The number of thioether (sulfide) groups is 1. The summed E-state index contributed by atoms with van der Waals surface area (Å²) in [6, 6.07) is 2.95. The van der Waals surface area contributed by atoms with Crippen molar-refractivity contribution in [2.75, 3.05) is 5.75 Å². The molecule has 2 aromatic rings. The van der Waals surface area contributed by atoms with E-state index in [0.29, 0.717) is 6.07 Å². The minimum Gasteiger partial charge on any atom is -0.207 e. The first-order valence-electron chi connectivity index (χ1n) is 5.55. The first-order valence-corrected chi connectivity index (χ1v) is 6.91. The van der Waals surface area contributed by atoms with Crippen molar-refractivity contribution in [3.8, 4) is 0 Å². The van der Waals surface area contributed by atoms with E-state index >= 15 is 0 Å². The van der Waals surface area contributed by atoms with E-state index < -0.39 is 22.8 Å². The molecule has 1 aliphatic heterocycles. The molecule has 110 valence electrons. The highest BCUT2D eigenvalue weighted by Crippen LogP contribution is 2.34. The number of aromatic nitrogens is 3. The summed E-state index contributed by atoms with van der Waals surface area (Å²) < 4.78 is 53.7. The Balaban J connectivity index is 2.09. The zero-order valence-corrected chi connectivity index (χ0v) is 11.6. The number of alkyl halides is 3. The van der Waals surface area contributed by atoms with Gasteiger partial charge in [-0.25, -0.2) is 8.78 Å². The maximum atomic E-state index is 13.7. The van der Waals surface area contributed by atoms with Crippen LogP contribution in [-0.2, 0) is 5.38 Å². The number of nitrogens with zero attached hydrogens (tertiary/aromatic N) is 4. The first-order chi connectivity index (χ1) is 9.86. The molecule has 0 spiro atoms. The highest BCUT2D eigenvalue weighted by Gasteiger charge is 2.37. The summed E-state index contributed by atoms with van der Waals surface area (Å²) in [5.41, 5.74) is 0.180. The van der Waals surface area contributed by atoms with Gasteiger partial charge in [0.15, 0.2) is 0 Å². The molecule has 0 saturated heterocycles. The average Bonchev–Trinajstić information content (AvgIpc) is 2.81. The second-order valence-electron chi connectivity index (χ2n) is 4.08. The molecule has 1 aliphatic rings. The fourth-order valence-corrected chi connectivity index (χ4v) is 2.71. The van der Waals surface area contributed by atoms with Gasteiger partial charge in [-0.2, -0.15) is 18.6 Å². The van der Waals surface area contributed by atoms with Crippen LogP contribution in [0.1, 0.15) is 11.4 Å². The second kappa shape index (κ2) is 4.99. The maximum Gasteiger partial charge on any atom is 0.383 e. The minimum absolute atomic E-state index is 0.0205. The predicted molar refractivity (Wildman–Crippen MR) is 68.8 cm³/mol. The lowest BCUT2D eigenvalue weighted by molar-refractivity contribution is 0.0799. The van der Waals surface area contributed by atoms with E-state index in [-0.39, 0.29) is 22.2 Å². The number of hydrogen-bond donors (Lipinski definition) is 0. The Labute approximate surface area is 124 Å². The van der Waals surface area contributed by atoms with Crippen molar-refractivity contribution < 1.29 is 17.6 Å². The quantitative estimate of drug-likeness (QED) is 0.625. The van der Waals surface area contributed by atoms with Gasteiger partial charge in [0.25, 0.3) is 0 Å². The van der Waals surface area contributed by atoms with E-state index in [9.17, 15) is 17.6 Å². The van der Waals surface area contributed by atoms with Gasteiger partial charge in [-0.15, -0.1) is 10.2 Å². The summed E-state index contributed by atoms with van der Waals surface area (Å²) >= 11 is 5.97. The molecular weight excluding hydrogens is 332 g/mol. The lowest BCUT2D eigenvalue weighted by Crippen LogP contribution is -2.19. The highest BCUT2D eigenvalue weighted by molar-refractivity contribution is 7.99. The van der Waals surface area contributed by atoms with Gasteiger partial charge in [0.1, 0.15) is 11.6 Å². The molecule has 0 aliphatic carbocycles. The molecule has 0 N–H and O–H groups in total. The zero-order valence-electron chi connectivity index (χ0n) is 10.0. The third kappa shape index (κ3) is 2.62. The van der Waals surface area contributed by atoms with Crippen molar-refractivity contribution in [1.82, 2.24) is 14.9 Å². The minimum atomic E-state index is -3.75. The number of benzene rings is 1. The first kappa shape index (κ1) is 14.3. The number of hydrogen-bond acceptors (Lipinski definition) is 4. The molecule has 3 rings (SSSR count). The van der Waals surface area contributed by atoms with Crippen molar-refractivity contribution >= 4 is 29.1 Å². The third-order valence-electron chi connectivity index (χ3n) is 2.67. The summed E-state index contributed by atoms with van der Waals surface area (Å²) in [5, 5.41) is 7.09. The van der Waals surface area contributed by atoms with Crippen molar-refractivity contribution in [1.29, 1.82) is 0 Å². The smallest absolute Gasteiger partial charge is 0.207 e. The highest BCUT2D eigenvalue weighted by atomic mass is 35.5.